The van der Waals surface area contributed by atoms with E-state index >= 15 is 0 Å². The van der Waals surface area contributed by atoms with Crippen LogP contribution in [0.5, 0.6) is 0 Å². The minimum absolute atomic E-state index is 0.0209. The van der Waals surface area contributed by atoms with Crippen molar-refractivity contribution in [3.63, 3.8) is 0 Å². The molecule has 0 aromatic carbocycles. The van der Waals surface area contributed by atoms with Crippen molar-refractivity contribution < 1.29 is 28.7 Å². The molecule has 172 valence electrons. The molecule has 8 nitrogen and oxygen atoms in total. The molecule has 31 heavy (non-hydrogen) atoms. The predicted molar refractivity (Wildman–Crippen MR) is 112 cm³/mol. The molecule has 2 aliphatic heterocycles. The Morgan fingerprint density at radius 3 is 2.26 bits per heavy atom. The lowest BCUT2D eigenvalue weighted by molar-refractivity contribution is -0.885. The summed E-state index contributed by atoms with van der Waals surface area (Å²) in [7, 11) is 0. The van der Waals surface area contributed by atoms with Gasteiger partial charge in [-0.3, -0.25) is 9.69 Å². The van der Waals surface area contributed by atoms with E-state index in [-0.39, 0.29) is 46.3 Å². The second-order valence-corrected chi connectivity index (χ2v) is 12.1. The van der Waals surface area contributed by atoms with E-state index in [9.17, 15) is 19.5 Å². The monoisotopic (exact) mass is 434 g/mol. The van der Waals surface area contributed by atoms with Crippen LogP contribution in [0.1, 0.15) is 59.3 Å². The van der Waals surface area contributed by atoms with E-state index in [1.165, 1.54) is 0 Å². The van der Waals surface area contributed by atoms with Crippen LogP contribution in [0.25, 0.3) is 0 Å². The molecule has 0 aromatic heterocycles. The molecule has 6 aliphatic rings. The van der Waals surface area contributed by atoms with Gasteiger partial charge < -0.3 is 15.6 Å². The highest BCUT2D eigenvalue weighted by Crippen LogP contribution is 2.62. The lowest BCUT2D eigenvalue weighted by Crippen LogP contribution is -2.70. The normalized spacial score (nSPS) is 45.6. The van der Waals surface area contributed by atoms with Crippen LogP contribution in [-0.4, -0.2) is 69.9 Å². The van der Waals surface area contributed by atoms with Crippen LogP contribution in [-0.2, 0) is 9.53 Å². The highest BCUT2D eigenvalue weighted by Gasteiger charge is 2.68. The summed E-state index contributed by atoms with van der Waals surface area (Å²) in [6.07, 6.45) is 4.09. The maximum Gasteiger partial charge on any atom is 0.513 e. The molecule has 0 spiro atoms. The molecule has 6 rings (SSSR count). The molecular weight excluding hydrogens is 398 g/mol. The molecular formula is C23H36N3O5+. The van der Waals surface area contributed by atoms with E-state index in [4.69, 9.17) is 10.5 Å². The molecule has 4 bridgehead atoms. The summed E-state index contributed by atoms with van der Waals surface area (Å²) in [6.45, 7) is 7.22. The molecule has 8 heteroatoms. The van der Waals surface area contributed by atoms with Crippen molar-refractivity contribution in [1.29, 1.82) is 0 Å². The van der Waals surface area contributed by atoms with Gasteiger partial charge in [-0.1, -0.05) is 0 Å². The van der Waals surface area contributed by atoms with E-state index in [0.29, 0.717) is 25.6 Å². The maximum absolute atomic E-state index is 12.8. The number of hydrogen-bond donors (Lipinski definition) is 2. The van der Waals surface area contributed by atoms with Crippen LogP contribution in [0.4, 0.5) is 9.59 Å². The van der Waals surface area contributed by atoms with Crippen molar-refractivity contribution in [3.8, 4) is 0 Å². The van der Waals surface area contributed by atoms with E-state index in [1.54, 1.807) is 4.90 Å². The lowest BCUT2D eigenvalue weighted by Gasteiger charge is -2.61. The van der Waals surface area contributed by atoms with Crippen molar-refractivity contribution in [2.45, 2.75) is 77.0 Å². The second-order valence-electron chi connectivity index (χ2n) is 12.1. The standard InChI is InChI=1S/C23H35N3O5/c1-22(2,3)31-20(28)25-5-4-14-11-26(21(29)30,12-17(14)25)18-15-6-13-7-16(18)10-23(8-13,9-15)19(24)27/h13-18H,4-12H2,1-3H3,(H2-,24,27,29,30)/p+1/t13?,14?,15-,16?,17?,18?,23+,26?/m1/s1. The number of likely N-dealkylation sites (tertiary alicyclic amines) is 2. The number of amides is 3. The third kappa shape index (κ3) is 3.08. The fourth-order valence-corrected chi connectivity index (χ4v) is 8.39. The Morgan fingerprint density at radius 2 is 1.71 bits per heavy atom. The lowest BCUT2D eigenvalue weighted by atomic mass is 9.47. The van der Waals surface area contributed by atoms with E-state index in [2.05, 4.69) is 0 Å². The van der Waals surface area contributed by atoms with Crippen LogP contribution < -0.4 is 5.73 Å². The molecule has 2 heterocycles. The maximum atomic E-state index is 12.8. The van der Waals surface area contributed by atoms with Gasteiger partial charge in [0.15, 0.2) is 0 Å². The number of nitrogens with two attached hydrogens (primary N) is 1. The first-order valence-electron chi connectivity index (χ1n) is 11.8. The second kappa shape index (κ2) is 6.59. The van der Waals surface area contributed by atoms with Crippen molar-refractivity contribution in [2.75, 3.05) is 19.6 Å². The predicted octanol–water partition coefficient (Wildman–Crippen LogP) is 2.80. The first kappa shape index (κ1) is 21.0. The third-order valence-electron chi connectivity index (χ3n) is 9.08. The van der Waals surface area contributed by atoms with E-state index < -0.39 is 17.1 Å². The SMILES string of the molecule is CC(C)(C)OC(=O)N1CCC2C[N+](C(=O)O)(C3C4CC5C[C@@H]3C[C@@](C(N)=O)(C5)C4)CC21. The first-order valence-corrected chi connectivity index (χ1v) is 11.8. The van der Waals surface area contributed by atoms with E-state index in [1.807, 2.05) is 20.8 Å². The third-order valence-corrected chi connectivity index (χ3v) is 9.08. The zero-order chi connectivity index (χ0) is 22.3. The van der Waals surface area contributed by atoms with Gasteiger partial charge in [-0.05, 0) is 65.2 Å². The van der Waals surface area contributed by atoms with Crippen molar-refractivity contribution in [2.24, 2.45) is 34.8 Å². The largest absolute Gasteiger partial charge is 0.513 e. The fraction of sp³-hybridized carbons (Fsp3) is 0.870. The molecule has 0 aromatic rings. The minimum Gasteiger partial charge on any atom is -0.444 e. The topological polar surface area (TPSA) is 110 Å². The van der Waals surface area contributed by atoms with Gasteiger partial charge >= 0.3 is 12.2 Å². The van der Waals surface area contributed by atoms with Gasteiger partial charge in [0.1, 0.15) is 18.2 Å². The average molecular weight is 435 g/mol. The summed E-state index contributed by atoms with van der Waals surface area (Å²) in [4.78, 5) is 39.8. The molecule has 2 saturated heterocycles. The molecule has 6 unspecified atom stereocenters. The highest BCUT2D eigenvalue weighted by molar-refractivity contribution is 5.81. The summed E-state index contributed by atoms with van der Waals surface area (Å²) in [5, 5.41) is 10.5. The van der Waals surface area contributed by atoms with Crippen molar-refractivity contribution in [3.05, 3.63) is 0 Å². The summed E-state index contributed by atoms with van der Waals surface area (Å²) in [5.74, 6) is 0.940. The summed E-state index contributed by atoms with van der Waals surface area (Å²) in [6, 6.07) is -0.0687. The minimum atomic E-state index is -0.774. The first-order chi connectivity index (χ1) is 14.4. The van der Waals surface area contributed by atoms with Crippen LogP contribution in [0, 0.1) is 29.1 Å². The zero-order valence-corrected chi connectivity index (χ0v) is 18.9. The zero-order valence-electron chi connectivity index (χ0n) is 18.9. The van der Waals surface area contributed by atoms with Gasteiger partial charge in [-0.15, -0.1) is 0 Å². The van der Waals surface area contributed by atoms with Gasteiger partial charge in [-0.25, -0.2) is 9.28 Å². The number of quaternary nitrogens is 1. The number of ether oxygens (including phenoxy) is 1. The summed E-state index contributed by atoms with van der Waals surface area (Å²) < 4.78 is 5.67. The smallest absolute Gasteiger partial charge is 0.444 e. The highest BCUT2D eigenvalue weighted by atomic mass is 16.6. The quantitative estimate of drug-likeness (QED) is 0.650. The van der Waals surface area contributed by atoms with Crippen LogP contribution in [0.2, 0.25) is 0 Å². The Balaban J connectivity index is 1.42. The molecule has 8 atom stereocenters. The van der Waals surface area contributed by atoms with Gasteiger partial charge in [0.05, 0.1) is 18.0 Å². The van der Waals surface area contributed by atoms with Gasteiger partial charge in [0, 0.05) is 24.3 Å². The average Bonchev–Trinajstić information content (AvgIpc) is 3.17. The number of carboxylic acid groups (broad SMARTS) is 1. The number of carbonyl (C=O) groups excluding carboxylic acids is 2. The molecule has 3 amide bonds. The van der Waals surface area contributed by atoms with Crippen LogP contribution in [0.3, 0.4) is 0 Å². The Bertz CT molecular complexity index is 807. The molecule has 3 N–H and O–H groups in total. The number of primary amides is 1. The van der Waals surface area contributed by atoms with Gasteiger partial charge in [-0.2, -0.15) is 4.79 Å². The van der Waals surface area contributed by atoms with Crippen molar-refractivity contribution in [1.82, 2.24) is 4.90 Å². The van der Waals surface area contributed by atoms with Gasteiger partial charge in [0.2, 0.25) is 5.91 Å². The van der Waals surface area contributed by atoms with E-state index in [0.717, 1.165) is 38.5 Å². The molecule has 4 aliphatic carbocycles. The fourth-order valence-electron chi connectivity index (χ4n) is 8.39. The number of carbonyl (C=O) groups is 3. The number of nitrogens with zero attached hydrogens (tertiary/aromatic N) is 2. The molecule has 0 radical (unpaired) electrons. The number of hydrogen-bond acceptors (Lipinski definition) is 4. The Hall–Kier alpha value is -1.83. The van der Waals surface area contributed by atoms with Crippen LogP contribution in [0.15, 0.2) is 0 Å². The molecule has 6 fully saturated rings. The Labute approximate surface area is 183 Å². The Kier molecular flexibility index (Phi) is 4.47. The van der Waals surface area contributed by atoms with Crippen molar-refractivity contribution >= 4 is 18.1 Å². The number of fused-ring (bicyclic) bond motifs is 1. The van der Waals surface area contributed by atoms with Crippen LogP contribution >= 0.6 is 0 Å². The van der Waals surface area contributed by atoms with Gasteiger partial charge in [0.25, 0.3) is 0 Å². The molecule has 4 saturated carbocycles. The summed E-state index contributed by atoms with van der Waals surface area (Å²) in [5.41, 5.74) is 4.85. The number of rotatable bonds is 2. The Morgan fingerprint density at radius 1 is 1.06 bits per heavy atom. The summed E-state index contributed by atoms with van der Waals surface area (Å²) >= 11 is 0.